The average Bonchev–Trinajstić information content (AvgIpc) is 2.23. The molecule has 1 rings (SSSR count). The predicted molar refractivity (Wildman–Crippen MR) is 66.5 cm³/mol. The Morgan fingerprint density at radius 1 is 0.875 bits per heavy atom. The zero-order valence-corrected chi connectivity index (χ0v) is 10.6. The molecule has 0 aliphatic heterocycles. The molecule has 2 unspecified atom stereocenters. The Bertz CT molecular complexity index is 201. The number of hydrogen-bond donors (Lipinski definition) is 1. The third kappa shape index (κ3) is 5.53. The van der Waals surface area contributed by atoms with Crippen LogP contribution in [0.15, 0.2) is 0 Å². The molecule has 0 aromatic heterocycles. The number of aliphatic carboxylic acids is 1. The van der Waals surface area contributed by atoms with Crippen molar-refractivity contribution in [3.05, 3.63) is 0 Å². The second kappa shape index (κ2) is 7.70. The molecule has 1 aliphatic carbocycles. The molecular formula is C14H26O2. The summed E-state index contributed by atoms with van der Waals surface area (Å²) in [6.45, 7) is 2.27. The molecule has 0 aromatic carbocycles. The van der Waals surface area contributed by atoms with Crippen LogP contribution in [0.3, 0.4) is 0 Å². The minimum absolute atomic E-state index is 0.0816. The highest BCUT2D eigenvalue weighted by Gasteiger charge is 2.18. The predicted octanol–water partition coefficient (Wildman–Crippen LogP) is 4.24. The summed E-state index contributed by atoms with van der Waals surface area (Å²) in [5.41, 5.74) is 0. The Balaban J connectivity index is 2.39. The van der Waals surface area contributed by atoms with Crippen LogP contribution >= 0.6 is 0 Å². The quantitative estimate of drug-likeness (QED) is 0.726. The Kier molecular flexibility index (Phi) is 6.51. The zero-order valence-electron chi connectivity index (χ0n) is 10.6. The third-order valence-electron chi connectivity index (χ3n) is 3.86. The summed E-state index contributed by atoms with van der Waals surface area (Å²) in [7, 11) is 0. The lowest BCUT2D eigenvalue weighted by molar-refractivity contribution is -0.142. The molecule has 1 fully saturated rings. The van der Waals surface area contributed by atoms with Gasteiger partial charge in [0, 0.05) is 0 Å². The lowest BCUT2D eigenvalue weighted by Gasteiger charge is -2.17. The molecule has 1 aliphatic rings. The number of carboxylic acid groups (broad SMARTS) is 1. The van der Waals surface area contributed by atoms with Gasteiger partial charge in [-0.05, 0) is 25.2 Å². The van der Waals surface area contributed by atoms with Crippen molar-refractivity contribution in [2.75, 3.05) is 0 Å². The van der Waals surface area contributed by atoms with Gasteiger partial charge in [0.1, 0.15) is 0 Å². The smallest absolute Gasteiger partial charge is 0.306 e. The van der Waals surface area contributed by atoms with Gasteiger partial charge in [0.2, 0.25) is 0 Å². The summed E-state index contributed by atoms with van der Waals surface area (Å²) >= 11 is 0. The fourth-order valence-electron chi connectivity index (χ4n) is 2.61. The van der Waals surface area contributed by atoms with Gasteiger partial charge in [-0.15, -0.1) is 0 Å². The van der Waals surface area contributed by atoms with E-state index in [1.54, 1.807) is 0 Å². The number of carboxylic acids is 1. The highest BCUT2D eigenvalue weighted by molar-refractivity contribution is 5.69. The second-order valence-electron chi connectivity index (χ2n) is 5.42. The molecule has 2 heteroatoms. The maximum Gasteiger partial charge on any atom is 0.306 e. The van der Waals surface area contributed by atoms with Crippen LogP contribution in [0.25, 0.3) is 0 Å². The first-order valence-electron chi connectivity index (χ1n) is 6.93. The molecule has 2 atom stereocenters. The van der Waals surface area contributed by atoms with Gasteiger partial charge < -0.3 is 5.11 Å². The van der Waals surface area contributed by atoms with Crippen molar-refractivity contribution in [2.45, 2.75) is 71.1 Å². The van der Waals surface area contributed by atoms with Crippen LogP contribution in [-0.2, 0) is 4.79 Å². The number of carbonyl (C=O) groups is 1. The summed E-state index contributed by atoms with van der Waals surface area (Å²) in [6, 6.07) is 0. The van der Waals surface area contributed by atoms with Gasteiger partial charge in [-0.1, -0.05) is 51.9 Å². The van der Waals surface area contributed by atoms with E-state index in [9.17, 15) is 4.79 Å². The minimum atomic E-state index is -0.579. The van der Waals surface area contributed by atoms with E-state index in [0.717, 1.165) is 25.7 Å². The molecule has 0 heterocycles. The lowest BCUT2D eigenvalue weighted by Crippen LogP contribution is -2.15. The van der Waals surface area contributed by atoms with Gasteiger partial charge in [-0.2, -0.15) is 0 Å². The fourth-order valence-corrected chi connectivity index (χ4v) is 2.61. The van der Waals surface area contributed by atoms with Crippen molar-refractivity contribution < 1.29 is 9.90 Å². The normalized spacial score (nSPS) is 30.1. The highest BCUT2D eigenvalue weighted by atomic mass is 16.4. The minimum Gasteiger partial charge on any atom is -0.481 e. The molecule has 0 saturated heterocycles. The van der Waals surface area contributed by atoms with E-state index in [0.29, 0.717) is 5.92 Å². The van der Waals surface area contributed by atoms with E-state index in [-0.39, 0.29) is 5.92 Å². The van der Waals surface area contributed by atoms with E-state index in [4.69, 9.17) is 5.11 Å². The molecule has 0 bridgehead atoms. The largest absolute Gasteiger partial charge is 0.481 e. The van der Waals surface area contributed by atoms with Gasteiger partial charge in [-0.25, -0.2) is 0 Å². The highest BCUT2D eigenvalue weighted by Crippen LogP contribution is 2.24. The van der Waals surface area contributed by atoms with Gasteiger partial charge >= 0.3 is 5.97 Å². The van der Waals surface area contributed by atoms with Crippen LogP contribution in [0.4, 0.5) is 0 Å². The van der Waals surface area contributed by atoms with Crippen molar-refractivity contribution in [1.82, 2.24) is 0 Å². The van der Waals surface area contributed by atoms with Gasteiger partial charge in [0.25, 0.3) is 0 Å². The summed E-state index contributed by atoms with van der Waals surface area (Å²) in [6.07, 6.45) is 11.8. The second-order valence-corrected chi connectivity index (χ2v) is 5.42. The van der Waals surface area contributed by atoms with Crippen LogP contribution < -0.4 is 0 Å². The van der Waals surface area contributed by atoms with Crippen molar-refractivity contribution in [3.63, 3.8) is 0 Å². The van der Waals surface area contributed by atoms with Crippen molar-refractivity contribution in [3.8, 4) is 0 Å². The van der Waals surface area contributed by atoms with Crippen LogP contribution in [0, 0.1) is 11.8 Å². The SMILES string of the molecule is CC1CCCCCCCCC(C(=O)O)CC1. The summed E-state index contributed by atoms with van der Waals surface area (Å²) in [5, 5.41) is 9.13. The summed E-state index contributed by atoms with van der Waals surface area (Å²) in [5.74, 6) is 0.0485. The Labute approximate surface area is 99.4 Å². The first kappa shape index (κ1) is 13.5. The number of rotatable bonds is 1. The Morgan fingerprint density at radius 2 is 1.44 bits per heavy atom. The first-order valence-corrected chi connectivity index (χ1v) is 6.93. The molecular weight excluding hydrogens is 200 g/mol. The summed E-state index contributed by atoms with van der Waals surface area (Å²) in [4.78, 5) is 11.1. The maximum atomic E-state index is 11.1. The van der Waals surface area contributed by atoms with Crippen LogP contribution in [-0.4, -0.2) is 11.1 Å². The molecule has 0 amide bonds. The van der Waals surface area contributed by atoms with E-state index in [1.807, 2.05) is 0 Å². The standard InChI is InChI=1S/C14H26O2/c1-12-8-6-4-2-3-5-7-9-13(11-10-12)14(15)16/h12-13H,2-11H2,1H3,(H,15,16). The summed E-state index contributed by atoms with van der Waals surface area (Å²) < 4.78 is 0. The first-order chi connectivity index (χ1) is 7.70. The lowest BCUT2D eigenvalue weighted by atomic mass is 9.89. The van der Waals surface area contributed by atoms with Gasteiger partial charge in [0.15, 0.2) is 0 Å². The van der Waals surface area contributed by atoms with Crippen LogP contribution in [0.5, 0.6) is 0 Å². The van der Waals surface area contributed by atoms with Gasteiger partial charge in [-0.3, -0.25) is 4.79 Å². The van der Waals surface area contributed by atoms with Crippen LogP contribution in [0.2, 0.25) is 0 Å². The van der Waals surface area contributed by atoms with Gasteiger partial charge in [0.05, 0.1) is 5.92 Å². The van der Waals surface area contributed by atoms with E-state index in [2.05, 4.69) is 6.92 Å². The van der Waals surface area contributed by atoms with Crippen molar-refractivity contribution in [2.24, 2.45) is 11.8 Å². The Morgan fingerprint density at radius 3 is 2.06 bits per heavy atom. The van der Waals surface area contributed by atoms with E-state index >= 15 is 0 Å². The molecule has 1 N–H and O–H groups in total. The fraction of sp³-hybridized carbons (Fsp3) is 0.929. The van der Waals surface area contributed by atoms with Crippen molar-refractivity contribution >= 4 is 5.97 Å². The molecule has 94 valence electrons. The maximum absolute atomic E-state index is 11.1. The zero-order chi connectivity index (χ0) is 11.8. The van der Waals surface area contributed by atoms with Crippen LogP contribution in [0.1, 0.15) is 71.1 Å². The Hall–Kier alpha value is -0.530. The molecule has 0 aromatic rings. The van der Waals surface area contributed by atoms with Crippen molar-refractivity contribution in [1.29, 1.82) is 0 Å². The molecule has 0 spiro atoms. The topological polar surface area (TPSA) is 37.3 Å². The monoisotopic (exact) mass is 226 g/mol. The molecule has 2 nitrogen and oxygen atoms in total. The van der Waals surface area contributed by atoms with E-state index in [1.165, 1.54) is 38.5 Å². The molecule has 1 saturated carbocycles. The average molecular weight is 226 g/mol. The molecule has 0 radical (unpaired) electrons. The van der Waals surface area contributed by atoms with E-state index < -0.39 is 5.97 Å². The number of hydrogen-bond acceptors (Lipinski definition) is 1. The third-order valence-corrected chi connectivity index (χ3v) is 3.86. The molecule has 16 heavy (non-hydrogen) atoms.